The van der Waals surface area contributed by atoms with E-state index in [-0.39, 0.29) is 41.5 Å². The Morgan fingerprint density at radius 3 is 2.41 bits per heavy atom. The van der Waals surface area contributed by atoms with E-state index in [2.05, 4.69) is 17.0 Å². The highest BCUT2D eigenvalue weighted by molar-refractivity contribution is 6.07. The van der Waals surface area contributed by atoms with Gasteiger partial charge in [0.15, 0.2) is 11.6 Å². The summed E-state index contributed by atoms with van der Waals surface area (Å²) < 4.78 is 1.80. The predicted molar refractivity (Wildman–Crippen MR) is 153 cm³/mol. The topological polar surface area (TPSA) is 75.5 Å². The average molecular weight is 533 g/mol. The van der Waals surface area contributed by atoms with Gasteiger partial charge in [-0.25, -0.2) is 0 Å². The van der Waals surface area contributed by atoms with E-state index in [1.807, 2.05) is 11.8 Å². The molecule has 1 saturated carbocycles. The molecule has 3 aliphatic heterocycles. The Hall–Kier alpha value is -2.70. The van der Waals surface area contributed by atoms with Gasteiger partial charge in [-0.3, -0.25) is 19.1 Å². The van der Waals surface area contributed by atoms with Gasteiger partial charge >= 0.3 is 0 Å². The molecule has 7 heteroatoms. The minimum absolute atomic E-state index is 0.0236. The van der Waals surface area contributed by atoms with Crippen LogP contribution < -0.4 is 4.90 Å². The first kappa shape index (κ1) is 26.5. The molecule has 2 aromatic rings. The van der Waals surface area contributed by atoms with Crippen molar-refractivity contribution >= 4 is 34.1 Å². The van der Waals surface area contributed by atoms with E-state index in [0.717, 1.165) is 56.1 Å². The molecule has 0 spiro atoms. The van der Waals surface area contributed by atoms with E-state index in [9.17, 15) is 14.4 Å². The number of carbonyl (C=O) groups excluding carboxylic acids is 3. The molecule has 1 aromatic heterocycles. The summed E-state index contributed by atoms with van der Waals surface area (Å²) in [6, 6.07) is 4.29. The molecule has 0 radical (unpaired) electrons. The van der Waals surface area contributed by atoms with Crippen molar-refractivity contribution in [2.45, 2.75) is 122 Å². The second-order valence-corrected chi connectivity index (χ2v) is 12.7. The van der Waals surface area contributed by atoms with Crippen molar-refractivity contribution in [2.24, 2.45) is 5.41 Å². The molecular formula is C32H44N4O3. The van der Waals surface area contributed by atoms with Gasteiger partial charge in [0.25, 0.3) is 0 Å². The lowest BCUT2D eigenvalue weighted by molar-refractivity contribution is -0.139. The lowest BCUT2D eigenvalue weighted by atomic mass is 9.91. The van der Waals surface area contributed by atoms with Crippen molar-refractivity contribution in [1.82, 2.24) is 14.7 Å². The zero-order valence-corrected chi connectivity index (χ0v) is 23.8. The standard InChI is InChI=1S/C32H44N4O3/c1-3-27(38)26-19-32-14-10-8-6-4-5-7-9-13-23-17-24(34-15-11-12-16-34)18-25-30(22(2)37)33-35(31(23)25)21-29(39)36(26)28(32)20-32/h17-18,26,28H,3-16,19-21H2,1-2H3/t26-,28+,32-/m0/s1. The zero-order valence-electron chi connectivity index (χ0n) is 23.8. The maximum Gasteiger partial charge on any atom is 0.245 e. The van der Waals surface area contributed by atoms with Crippen LogP contribution in [-0.4, -0.2) is 57.3 Å². The molecule has 1 aromatic carbocycles. The zero-order chi connectivity index (χ0) is 27.1. The van der Waals surface area contributed by atoms with Crippen molar-refractivity contribution in [1.29, 1.82) is 0 Å². The van der Waals surface area contributed by atoms with Gasteiger partial charge in [-0.2, -0.15) is 5.10 Å². The largest absolute Gasteiger partial charge is 0.372 e. The summed E-state index contributed by atoms with van der Waals surface area (Å²) in [5.41, 5.74) is 3.88. The Kier molecular flexibility index (Phi) is 7.28. The lowest BCUT2D eigenvalue weighted by Gasteiger charge is -2.26. The average Bonchev–Trinajstić information content (AvgIpc) is 3.31. The lowest BCUT2D eigenvalue weighted by Crippen LogP contribution is -2.44. The Bertz CT molecular complexity index is 1280. The number of carbonyl (C=O) groups is 3. The van der Waals surface area contributed by atoms with Gasteiger partial charge in [0, 0.05) is 43.5 Å². The number of aryl methyl sites for hydroxylation is 1. The predicted octanol–water partition coefficient (Wildman–Crippen LogP) is 5.85. The molecule has 210 valence electrons. The van der Waals surface area contributed by atoms with Gasteiger partial charge in [-0.1, -0.05) is 45.4 Å². The van der Waals surface area contributed by atoms with Gasteiger partial charge in [-0.15, -0.1) is 0 Å². The number of nitrogens with zero attached hydrogens (tertiary/aromatic N) is 4. The number of aromatic nitrogens is 2. The Morgan fingerprint density at radius 2 is 1.69 bits per heavy atom. The van der Waals surface area contributed by atoms with Gasteiger partial charge in [0.05, 0.1) is 11.6 Å². The van der Waals surface area contributed by atoms with Gasteiger partial charge < -0.3 is 9.80 Å². The molecule has 2 bridgehead atoms. The van der Waals surface area contributed by atoms with Crippen molar-refractivity contribution in [2.75, 3.05) is 18.0 Å². The van der Waals surface area contributed by atoms with Crippen molar-refractivity contribution in [3.63, 3.8) is 0 Å². The smallest absolute Gasteiger partial charge is 0.245 e. The van der Waals surface area contributed by atoms with E-state index in [4.69, 9.17) is 5.10 Å². The second-order valence-electron chi connectivity index (χ2n) is 12.7. The molecule has 0 unspecified atom stereocenters. The summed E-state index contributed by atoms with van der Waals surface area (Å²) in [5.74, 6) is 0.0823. The number of Topliss-reactive ketones (excluding diaryl/α,β-unsaturated/α-hetero) is 2. The quantitative estimate of drug-likeness (QED) is 0.462. The molecule has 2 saturated heterocycles. The van der Waals surface area contributed by atoms with Crippen molar-refractivity contribution < 1.29 is 14.4 Å². The summed E-state index contributed by atoms with van der Waals surface area (Å²) in [7, 11) is 0. The summed E-state index contributed by atoms with van der Waals surface area (Å²) in [5, 5.41) is 5.65. The molecule has 3 atom stereocenters. The molecule has 1 aliphatic carbocycles. The van der Waals surface area contributed by atoms with E-state index >= 15 is 0 Å². The summed E-state index contributed by atoms with van der Waals surface area (Å²) in [6.45, 7) is 5.64. The SMILES string of the molecule is CCC(=O)[C@@H]1C[C@]23CCCCCCCCCc4cc(N5CCCC5)cc5c(C(C)=O)nn(c45)CC(=O)N1[C@@H]2C3. The maximum absolute atomic E-state index is 14.0. The molecule has 6 rings (SSSR count). The summed E-state index contributed by atoms with van der Waals surface area (Å²) in [4.78, 5) is 44.2. The van der Waals surface area contributed by atoms with Crippen LogP contribution in [0, 0.1) is 5.41 Å². The van der Waals surface area contributed by atoms with Crippen LogP contribution >= 0.6 is 0 Å². The van der Waals surface area contributed by atoms with Gasteiger partial charge in [0.1, 0.15) is 12.2 Å². The number of rotatable bonds is 4. The first-order valence-electron chi connectivity index (χ1n) is 15.5. The molecular weight excluding hydrogens is 488 g/mol. The number of ketones is 2. The number of benzene rings is 1. The van der Waals surface area contributed by atoms with Crippen LogP contribution in [0.4, 0.5) is 5.69 Å². The van der Waals surface area contributed by atoms with Gasteiger partial charge in [-0.05, 0) is 68.1 Å². The Balaban J connectivity index is 1.41. The Labute approximate surface area is 232 Å². The van der Waals surface area contributed by atoms with E-state index < -0.39 is 0 Å². The van der Waals surface area contributed by atoms with Crippen LogP contribution in [0.25, 0.3) is 10.9 Å². The van der Waals surface area contributed by atoms with Crippen LogP contribution in [-0.2, 0) is 22.6 Å². The number of piperidine rings is 1. The highest BCUT2D eigenvalue weighted by Crippen LogP contribution is 2.62. The normalized spacial score (nSPS) is 28.0. The van der Waals surface area contributed by atoms with E-state index in [1.54, 1.807) is 11.6 Å². The minimum Gasteiger partial charge on any atom is -0.372 e. The number of hydrogen-bond donors (Lipinski definition) is 0. The molecule has 1 amide bonds. The number of anilines is 1. The Morgan fingerprint density at radius 1 is 0.974 bits per heavy atom. The van der Waals surface area contributed by atoms with Gasteiger partial charge in [0.2, 0.25) is 5.91 Å². The monoisotopic (exact) mass is 532 g/mol. The third-order valence-corrected chi connectivity index (χ3v) is 10.0. The second kappa shape index (κ2) is 10.7. The van der Waals surface area contributed by atoms with Crippen molar-refractivity contribution in [3.05, 3.63) is 23.4 Å². The first-order valence-corrected chi connectivity index (χ1v) is 15.5. The highest BCUT2D eigenvalue weighted by atomic mass is 16.2. The fraction of sp³-hybridized carbons (Fsp3) is 0.688. The van der Waals surface area contributed by atoms with Crippen LogP contribution in [0.1, 0.15) is 113 Å². The fourth-order valence-electron chi connectivity index (χ4n) is 7.86. The maximum atomic E-state index is 14.0. The molecule has 7 nitrogen and oxygen atoms in total. The number of hydrogen-bond acceptors (Lipinski definition) is 5. The molecule has 4 heterocycles. The van der Waals surface area contributed by atoms with E-state index in [1.165, 1.54) is 62.6 Å². The number of amides is 1. The minimum atomic E-state index is -0.310. The van der Waals surface area contributed by atoms with Crippen LogP contribution in [0.3, 0.4) is 0 Å². The van der Waals surface area contributed by atoms with Crippen LogP contribution in [0.2, 0.25) is 0 Å². The third-order valence-electron chi connectivity index (χ3n) is 10.0. The summed E-state index contributed by atoms with van der Waals surface area (Å²) >= 11 is 0. The molecule has 4 aliphatic rings. The molecule has 3 fully saturated rings. The molecule has 0 N–H and O–H groups in total. The highest BCUT2D eigenvalue weighted by Gasteiger charge is 2.66. The molecule has 39 heavy (non-hydrogen) atoms. The summed E-state index contributed by atoms with van der Waals surface area (Å²) in [6.07, 6.45) is 15.2. The fourth-order valence-corrected chi connectivity index (χ4v) is 7.86. The first-order chi connectivity index (χ1) is 18.9. The van der Waals surface area contributed by atoms with Crippen LogP contribution in [0.5, 0.6) is 0 Å². The third kappa shape index (κ3) is 4.91. The van der Waals surface area contributed by atoms with E-state index in [0.29, 0.717) is 12.1 Å². The van der Waals surface area contributed by atoms with Crippen molar-refractivity contribution in [3.8, 4) is 0 Å². The van der Waals surface area contributed by atoms with Crippen LogP contribution in [0.15, 0.2) is 12.1 Å².